The topological polar surface area (TPSA) is 38.8 Å². The number of benzene rings is 1. The first-order valence-electron chi connectivity index (χ1n) is 7.57. The van der Waals surface area contributed by atoms with E-state index < -0.39 is 0 Å². The van der Waals surface area contributed by atoms with Crippen LogP contribution in [0.1, 0.15) is 32.6 Å². The van der Waals surface area contributed by atoms with Gasteiger partial charge in [0.1, 0.15) is 0 Å². The number of rotatable bonds is 6. The summed E-state index contributed by atoms with van der Waals surface area (Å²) in [4.78, 5) is 16.5. The molecule has 5 heteroatoms. The molecule has 2 aromatic rings. The van der Waals surface area contributed by atoms with Crippen molar-refractivity contribution < 1.29 is 14.3 Å². The van der Waals surface area contributed by atoms with E-state index in [0.717, 1.165) is 10.4 Å². The highest BCUT2D eigenvalue weighted by molar-refractivity contribution is 7.14. The van der Waals surface area contributed by atoms with Crippen LogP contribution in [-0.2, 0) is 6.54 Å². The predicted octanol–water partition coefficient (Wildman–Crippen LogP) is 4.04. The van der Waals surface area contributed by atoms with Crippen molar-refractivity contribution in [2.24, 2.45) is 0 Å². The number of nitrogens with zero attached hydrogens (tertiary/aromatic N) is 1. The summed E-state index contributed by atoms with van der Waals surface area (Å²) < 4.78 is 10.6. The van der Waals surface area contributed by atoms with Crippen LogP contribution in [0.2, 0.25) is 0 Å². The molecule has 0 fully saturated rings. The van der Waals surface area contributed by atoms with Crippen LogP contribution in [0.25, 0.3) is 0 Å². The van der Waals surface area contributed by atoms with Crippen molar-refractivity contribution in [3.05, 3.63) is 45.1 Å². The monoisotopic (exact) mass is 333 g/mol. The molecule has 0 aliphatic carbocycles. The lowest BCUT2D eigenvalue weighted by molar-refractivity contribution is 0.0757. The maximum Gasteiger partial charge on any atom is 0.264 e. The van der Waals surface area contributed by atoms with Gasteiger partial charge in [0.2, 0.25) is 0 Å². The fraction of sp³-hybridized carbons (Fsp3) is 0.389. The van der Waals surface area contributed by atoms with Crippen molar-refractivity contribution >= 4 is 17.2 Å². The summed E-state index contributed by atoms with van der Waals surface area (Å²) in [6.07, 6.45) is 0. The summed E-state index contributed by atoms with van der Waals surface area (Å²) in [5.41, 5.74) is 2.18. The van der Waals surface area contributed by atoms with Crippen molar-refractivity contribution in [2.75, 3.05) is 20.8 Å². The number of methoxy groups -OCH3 is 2. The standard InChI is InChI=1S/C18H23NO3S/c1-6-19(18(20)17-9-12(2)13(3)23-17)11-14-7-8-15(21-4)16(10-14)22-5/h7-10H,6,11H2,1-5H3. The molecule has 1 aromatic heterocycles. The molecular weight excluding hydrogens is 310 g/mol. The Morgan fingerprint density at radius 3 is 2.35 bits per heavy atom. The Bertz CT molecular complexity index is 674. The SMILES string of the molecule is CCN(Cc1ccc(OC)c(OC)c1)C(=O)c1cc(C)c(C)s1. The lowest BCUT2D eigenvalue weighted by atomic mass is 10.1. The van der Waals surface area contributed by atoms with E-state index in [9.17, 15) is 4.79 Å². The normalized spacial score (nSPS) is 10.5. The van der Waals surface area contributed by atoms with Gasteiger partial charge in [-0.05, 0) is 50.1 Å². The number of carbonyl (C=O) groups excluding carboxylic acids is 1. The zero-order valence-corrected chi connectivity index (χ0v) is 15.1. The molecular formula is C18H23NO3S. The quantitative estimate of drug-likeness (QED) is 0.801. The largest absolute Gasteiger partial charge is 0.493 e. The summed E-state index contributed by atoms with van der Waals surface area (Å²) in [6, 6.07) is 7.72. The van der Waals surface area contributed by atoms with Crippen molar-refractivity contribution in [1.82, 2.24) is 4.90 Å². The molecule has 124 valence electrons. The summed E-state index contributed by atoms with van der Waals surface area (Å²) in [5.74, 6) is 1.44. The minimum Gasteiger partial charge on any atom is -0.493 e. The first kappa shape index (κ1) is 17.3. The first-order valence-corrected chi connectivity index (χ1v) is 8.39. The molecule has 4 nitrogen and oxygen atoms in total. The van der Waals surface area contributed by atoms with Gasteiger partial charge in [0, 0.05) is 18.0 Å². The molecule has 1 aromatic carbocycles. The fourth-order valence-electron chi connectivity index (χ4n) is 2.36. The van der Waals surface area contributed by atoms with Crippen molar-refractivity contribution in [3.63, 3.8) is 0 Å². The van der Waals surface area contributed by atoms with E-state index in [0.29, 0.717) is 24.6 Å². The van der Waals surface area contributed by atoms with Crippen LogP contribution in [0.5, 0.6) is 11.5 Å². The Morgan fingerprint density at radius 2 is 1.83 bits per heavy atom. The second-order valence-electron chi connectivity index (χ2n) is 5.36. The van der Waals surface area contributed by atoms with E-state index in [1.165, 1.54) is 10.4 Å². The number of carbonyl (C=O) groups is 1. The van der Waals surface area contributed by atoms with Crippen molar-refractivity contribution in [2.45, 2.75) is 27.3 Å². The first-order chi connectivity index (χ1) is 11.0. The highest BCUT2D eigenvalue weighted by Gasteiger charge is 2.18. The third-order valence-electron chi connectivity index (χ3n) is 3.87. The Morgan fingerprint density at radius 1 is 1.13 bits per heavy atom. The molecule has 0 atom stereocenters. The van der Waals surface area contributed by atoms with Gasteiger partial charge < -0.3 is 14.4 Å². The fourth-order valence-corrected chi connectivity index (χ4v) is 3.36. The highest BCUT2D eigenvalue weighted by Crippen LogP contribution is 2.28. The Labute approximate surface area is 141 Å². The predicted molar refractivity (Wildman–Crippen MR) is 93.8 cm³/mol. The molecule has 0 saturated carbocycles. The van der Waals surface area contributed by atoms with E-state index in [1.807, 2.05) is 49.9 Å². The summed E-state index contributed by atoms with van der Waals surface area (Å²) in [7, 11) is 3.22. The number of ether oxygens (including phenoxy) is 2. The van der Waals surface area contributed by atoms with E-state index in [4.69, 9.17) is 9.47 Å². The Balaban J connectivity index is 2.20. The third kappa shape index (κ3) is 3.85. The molecule has 0 aliphatic heterocycles. The zero-order chi connectivity index (χ0) is 17.0. The third-order valence-corrected chi connectivity index (χ3v) is 5.01. The smallest absolute Gasteiger partial charge is 0.264 e. The second kappa shape index (κ2) is 7.51. The Hall–Kier alpha value is -2.01. The van der Waals surface area contributed by atoms with Gasteiger partial charge >= 0.3 is 0 Å². The van der Waals surface area contributed by atoms with Crippen LogP contribution in [-0.4, -0.2) is 31.6 Å². The molecule has 0 aliphatic rings. The second-order valence-corrected chi connectivity index (χ2v) is 6.61. The van der Waals surface area contributed by atoms with Gasteiger partial charge in [0.05, 0.1) is 19.1 Å². The highest BCUT2D eigenvalue weighted by atomic mass is 32.1. The van der Waals surface area contributed by atoms with Crippen LogP contribution < -0.4 is 9.47 Å². The van der Waals surface area contributed by atoms with E-state index in [-0.39, 0.29) is 5.91 Å². The average Bonchev–Trinajstić information content (AvgIpc) is 2.90. The summed E-state index contributed by atoms with van der Waals surface area (Å²) in [5, 5.41) is 0. The average molecular weight is 333 g/mol. The minimum atomic E-state index is 0.0727. The molecule has 0 radical (unpaired) electrons. The number of amides is 1. The number of hydrogen-bond donors (Lipinski definition) is 0. The lowest BCUT2D eigenvalue weighted by Gasteiger charge is -2.21. The Kier molecular flexibility index (Phi) is 5.66. The van der Waals surface area contributed by atoms with E-state index in [2.05, 4.69) is 0 Å². The van der Waals surface area contributed by atoms with Crippen LogP contribution in [0.3, 0.4) is 0 Å². The van der Waals surface area contributed by atoms with Crippen LogP contribution in [0.4, 0.5) is 0 Å². The van der Waals surface area contributed by atoms with Crippen molar-refractivity contribution in [3.8, 4) is 11.5 Å². The number of hydrogen-bond acceptors (Lipinski definition) is 4. The molecule has 0 spiro atoms. The summed E-state index contributed by atoms with van der Waals surface area (Å²) >= 11 is 1.55. The van der Waals surface area contributed by atoms with Gasteiger partial charge in [0.15, 0.2) is 11.5 Å². The maximum absolute atomic E-state index is 12.7. The molecule has 0 bridgehead atoms. The van der Waals surface area contributed by atoms with E-state index >= 15 is 0 Å². The number of thiophene rings is 1. The molecule has 0 saturated heterocycles. The maximum atomic E-state index is 12.7. The molecule has 2 rings (SSSR count). The molecule has 0 unspecified atom stereocenters. The van der Waals surface area contributed by atoms with E-state index in [1.54, 1.807) is 25.6 Å². The van der Waals surface area contributed by atoms with Gasteiger partial charge in [0.25, 0.3) is 5.91 Å². The van der Waals surface area contributed by atoms with Crippen LogP contribution >= 0.6 is 11.3 Å². The van der Waals surface area contributed by atoms with Gasteiger partial charge in [-0.1, -0.05) is 6.07 Å². The van der Waals surface area contributed by atoms with Crippen LogP contribution in [0, 0.1) is 13.8 Å². The van der Waals surface area contributed by atoms with Gasteiger partial charge in [-0.2, -0.15) is 0 Å². The molecule has 1 amide bonds. The molecule has 23 heavy (non-hydrogen) atoms. The van der Waals surface area contributed by atoms with Crippen LogP contribution in [0.15, 0.2) is 24.3 Å². The zero-order valence-electron chi connectivity index (χ0n) is 14.3. The molecule has 0 N–H and O–H groups in total. The van der Waals surface area contributed by atoms with Gasteiger partial charge in [-0.15, -0.1) is 11.3 Å². The van der Waals surface area contributed by atoms with Crippen molar-refractivity contribution in [1.29, 1.82) is 0 Å². The lowest BCUT2D eigenvalue weighted by Crippen LogP contribution is -2.29. The minimum absolute atomic E-state index is 0.0727. The molecule has 1 heterocycles. The van der Waals surface area contributed by atoms with Gasteiger partial charge in [-0.3, -0.25) is 4.79 Å². The summed E-state index contributed by atoms with van der Waals surface area (Å²) in [6.45, 7) is 7.27. The number of aryl methyl sites for hydroxylation is 2. The van der Waals surface area contributed by atoms with Gasteiger partial charge in [-0.25, -0.2) is 0 Å².